The molecule has 0 spiro atoms. The minimum atomic E-state index is -5.16. The number of piperidine rings is 1. The van der Waals surface area contributed by atoms with Gasteiger partial charge in [0.05, 0.1) is 23.7 Å². The Hall–Kier alpha value is -2.92. The summed E-state index contributed by atoms with van der Waals surface area (Å²) in [7, 11) is 0. The molecule has 0 bridgehead atoms. The first kappa shape index (κ1) is 30.6. The van der Waals surface area contributed by atoms with Crippen LogP contribution in [0.1, 0.15) is 48.0 Å². The molecule has 3 rings (SSSR count). The Kier molecular flexibility index (Phi) is 10.5. The average molecular weight is 577 g/mol. The molecule has 1 aliphatic heterocycles. The summed E-state index contributed by atoms with van der Waals surface area (Å²) in [5.41, 5.74) is -4.03. The van der Waals surface area contributed by atoms with Crippen molar-refractivity contribution in [3.63, 3.8) is 0 Å². The molecule has 1 saturated heterocycles. The highest BCUT2D eigenvalue weighted by atomic mass is 35.5. The van der Waals surface area contributed by atoms with Gasteiger partial charge in [-0.3, -0.25) is 9.59 Å². The van der Waals surface area contributed by atoms with Crippen LogP contribution in [0.15, 0.2) is 48.5 Å². The van der Waals surface area contributed by atoms with Gasteiger partial charge in [-0.25, -0.2) is 8.78 Å². The molecule has 2 aromatic rings. The Morgan fingerprint density at radius 1 is 1.08 bits per heavy atom. The van der Waals surface area contributed by atoms with Gasteiger partial charge in [-0.15, -0.1) is 0 Å². The molecule has 1 fully saturated rings. The van der Waals surface area contributed by atoms with Gasteiger partial charge in [0.2, 0.25) is 0 Å². The van der Waals surface area contributed by atoms with Crippen molar-refractivity contribution >= 4 is 23.4 Å². The molecule has 39 heavy (non-hydrogen) atoms. The van der Waals surface area contributed by atoms with E-state index in [0.717, 1.165) is 29.9 Å². The largest absolute Gasteiger partial charge is 0.494 e. The maximum Gasteiger partial charge on any atom is 0.430 e. The molecular weight excluding hydrogens is 547 g/mol. The number of nitrogens with one attached hydrogen (secondary N) is 1. The molecule has 12 heteroatoms. The minimum absolute atomic E-state index is 0.0620. The molecule has 214 valence electrons. The standard InChI is InChI=1S/C27H30ClF5N2O4/c28-22-16-20(9-10-21(22)24(36)34-17-23(29)30)39-15-5-4-6-18-11-13-35(14-12-18)25(37)26(38,27(31,32)33)19-7-2-1-3-8-19/h1-3,7-10,16,18,23,38H,4-6,11-15,17H2,(H,34,36)/t26-/m0/s1. The van der Waals surface area contributed by atoms with E-state index in [1.807, 2.05) is 0 Å². The van der Waals surface area contributed by atoms with Crippen molar-refractivity contribution in [2.24, 2.45) is 5.92 Å². The molecule has 0 unspecified atom stereocenters. The van der Waals surface area contributed by atoms with E-state index in [9.17, 15) is 36.6 Å². The Labute approximate surface area is 228 Å². The molecule has 0 aliphatic carbocycles. The number of carbonyl (C=O) groups excluding carboxylic acids is 2. The molecule has 2 amide bonds. The van der Waals surface area contributed by atoms with E-state index >= 15 is 0 Å². The Balaban J connectivity index is 1.41. The van der Waals surface area contributed by atoms with Crippen molar-refractivity contribution in [1.29, 1.82) is 0 Å². The van der Waals surface area contributed by atoms with E-state index in [-0.39, 0.29) is 29.6 Å². The van der Waals surface area contributed by atoms with Crippen molar-refractivity contribution in [3.05, 3.63) is 64.7 Å². The quantitative estimate of drug-likeness (QED) is 0.271. The van der Waals surface area contributed by atoms with Gasteiger partial charge in [-0.1, -0.05) is 48.4 Å². The van der Waals surface area contributed by atoms with Crippen molar-refractivity contribution < 1.29 is 41.4 Å². The van der Waals surface area contributed by atoms with Crippen LogP contribution in [-0.4, -0.2) is 60.7 Å². The molecular formula is C27H30ClF5N2O4. The number of nitrogens with zero attached hydrogens (tertiary/aromatic N) is 1. The van der Waals surface area contributed by atoms with Crippen LogP contribution in [0.5, 0.6) is 5.75 Å². The Morgan fingerprint density at radius 2 is 1.74 bits per heavy atom. The number of aliphatic hydroxyl groups is 1. The van der Waals surface area contributed by atoms with E-state index in [1.165, 1.54) is 36.4 Å². The number of benzene rings is 2. The lowest BCUT2D eigenvalue weighted by Gasteiger charge is -2.38. The van der Waals surface area contributed by atoms with Crippen LogP contribution >= 0.6 is 11.6 Å². The van der Waals surface area contributed by atoms with Crippen LogP contribution in [0.2, 0.25) is 5.02 Å². The second-order valence-corrected chi connectivity index (χ2v) is 9.80. The lowest BCUT2D eigenvalue weighted by Crippen LogP contribution is -2.57. The fraction of sp³-hybridized carbons (Fsp3) is 0.481. The SMILES string of the molecule is O=C(NCC(F)F)c1ccc(OCCCCC2CCN(C(=O)[C@@](O)(c3ccccc3)C(F)(F)F)CC2)cc1Cl. The number of ether oxygens (including phenoxy) is 1. The van der Waals surface area contributed by atoms with Crippen molar-refractivity contribution in [2.45, 2.75) is 50.3 Å². The van der Waals surface area contributed by atoms with Crippen LogP contribution < -0.4 is 10.1 Å². The van der Waals surface area contributed by atoms with Gasteiger partial charge >= 0.3 is 6.18 Å². The van der Waals surface area contributed by atoms with Gasteiger partial charge in [-0.05, 0) is 49.8 Å². The van der Waals surface area contributed by atoms with Gasteiger partial charge in [-0.2, -0.15) is 13.2 Å². The highest BCUT2D eigenvalue weighted by Crippen LogP contribution is 2.41. The molecule has 1 heterocycles. The summed E-state index contributed by atoms with van der Waals surface area (Å²) in [4.78, 5) is 25.8. The highest BCUT2D eigenvalue weighted by Gasteiger charge is 2.62. The van der Waals surface area contributed by atoms with Crippen molar-refractivity contribution in [1.82, 2.24) is 10.2 Å². The van der Waals surface area contributed by atoms with Crippen LogP contribution in [0.4, 0.5) is 22.0 Å². The van der Waals surface area contributed by atoms with Gasteiger partial charge in [0.1, 0.15) is 5.75 Å². The summed E-state index contributed by atoms with van der Waals surface area (Å²) in [6.45, 7) is -0.158. The summed E-state index contributed by atoms with van der Waals surface area (Å²) in [5.74, 6) is -1.41. The molecule has 6 nitrogen and oxygen atoms in total. The van der Waals surface area contributed by atoms with Gasteiger partial charge in [0.25, 0.3) is 23.8 Å². The smallest absolute Gasteiger partial charge is 0.430 e. The zero-order valence-corrected chi connectivity index (χ0v) is 21.8. The molecule has 0 saturated carbocycles. The van der Waals surface area contributed by atoms with Gasteiger partial charge in [0.15, 0.2) is 0 Å². The Bertz CT molecular complexity index is 1110. The monoisotopic (exact) mass is 576 g/mol. The number of alkyl halides is 5. The average Bonchev–Trinajstić information content (AvgIpc) is 2.91. The third-order valence-electron chi connectivity index (χ3n) is 6.69. The van der Waals surface area contributed by atoms with Gasteiger partial charge in [0, 0.05) is 18.7 Å². The third-order valence-corrected chi connectivity index (χ3v) is 7.00. The second-order valence-electron chi connectivity index (χ2n) is 9.40. The number of halogens is 6. The predicted octanol–water partition coefficient (Wildman–Crippen LogP) is 5.57. The predicted molar refractivity (Wildman–Crippen MR) is 135 cm³/mol. The maximum absolute atomic E-state index is 13.8. The van der Waals surface area contributed by atoms with E-state index in [2.05, 4.69) is 5.32 Å². The minimum Gasteiger partial charge on any atom is -0.494 e. The van der Waals surface area contributed by atoms with E-state index < -0.39 is 42.1 Å². The Morgan fingerprint density at radius 3 is 2.33 bits per heavy atom. The molecule has 1 aliphatic rings. The van der Waals surface area contributed by atoms with Crippen molar-refractivity contribution in [2.75, 3.05) is 26.2 Å². The molecule has 2 N–H and O–H groups in total. The van der Waals surface area contributed by atoms with E-state index in [4.69, 9.17) is 16.3 Å². The third kappa shape index (κ3) is 7.82. The lowest BCUT2D eigenvalue weighted by atomic mass is 9.88. The second kappa shape index (κ2) is 13.4. The first-order valence-electron chi connectivity index (χ1n) is 12.6. The van der Waals surface area contributed by atoms with Crippen LogP contribution in [0, 0.1) is 5.92 Å². The molecule has 1 atom stereocenters. The highest BCUT2D eigenvalue weighted by molar-refractivity contribution is 6.34. The number of unbranched alkanes of at least 4 members (excludes halogenated alkanes) is 1. The summed E-state index contributed by atoms with van der Waals surface area (Å²) in [5, 5.41) is 12.7. The molecule has 2 aromatic carbocycles. The number of likely N-dealkylation sites (tertiary alicyclic amines) is 1. The summed E-state index contributed by atoms with van der Waals surface area (Å²) in [6, 6.07) is 10.7. The fourth-order valence-electron chi connectivity index (χ4n) is 4.50. The number of carbonyl (C=O) groups is 2. The van der Waals surface area contributed by atoms with E-state index in [0.29, 0.717) is 31.6 Å². The molecule has 0 aromatic heterocycles. The summed E-state index contributed by atoms with van der Waals surface area (Å²) >= 11 is 6.07. The zero-order valence-electron chi connectivity index (χ0n) is 21.0. The van der Waals surface area contributed by atoms with Crippen molar-refractivity contribution in [3.8, 4) is 5.75 Å². The first-order valence-corrected chi connectivity index (χ1v) is 12.9. The topological polar surface area (TPSA) is 78.9 Å². The van der Waals surface area contributed by atoms with Gasteiger partial charge < -0.3 is 20.1 Å². The van der Waals surface area contributed by atoms with Crippen LogP contribution in [-0.2, 0) is 10.4 Å². The number of hydrogen-bond donors (Lipinski definition) is 2. The summed E-state index contributed by atoms with van der Waals surface area (Å²) in [6.07, 6.45) is -4.49. The zero-order chi connectivity index (χ0) is 28.6. The maximum atomic E-state index is 13.8. The normalized spacial score (nSPS) is 16.2. The van der Waals surface area contributed by atoms with Crippen LogP contribution in [0.25, 0.3) is 0 Å². The fourth-order valence-corrected chi connectivity index (χ4v) is 4.76. The van der Waals surface area contributed by atoms with E-state index in [1.54, 1.807) is 0 Å². The number of rotatable bonds is 11. The first-order chi connectivity index (χ1) is 18.4. The lowest BCUT2D eigenvalue weighted by molar-refractivity contribution is -0.262. The summed E-state index contributed by atoms with van der Waals surface area (Å²) < 4.78 is 71.6. The number of hydrogen-bond acceptors (Lipinski definition) is 4. The van der Waals surface area contributed by atoms with Crippen LogP contribution in [0.3, 0.4) is 0 Å². The molecule has 0 radical (unpaired) electrons. The number of amides is 2.